The summed E-state index contributed by atoms with van der Waals surface area (Å²) in [5, 5.41) is 11.5. The summed E-state index contributed by atoms with van der Waals surface area (Å²) in [5.74, 6) is -0.360. The minimum Gasteiger partial charge on any atom is -0.394 e. The van der Waals surface area contributed by atoms with E-state index in [0.717, 1.165) is 12.1 Å². The van der Waals surface area contributed by atoms with Crippen LogP contribution in [0.1, 0.15) is 51.0 Å². The molecule has 4 nitrogen and oxygen atoms in total. The lowest BCUT2D eigenvalue weighted by Crippen LogP contribution is -2.38. The minimum atomic E-state index is -0.868. The van der Waals surface area contributed by atoms with Gasteiger partial charge in [0, 0.05) is 5.69 Å². The Morgan fingerprint density at radius 3 is 2.38 bits per heavy atom. The molecule has 1 atom stereocenters. The van der Waals surface area contributed by atoms with Gasteiger partial charge in [-0.2, -0.15) is 0 Å². The number of nitrogens with one attached hydrogen (secondary N) is 1. The SMILES string of the molecule is CCCCCCCCc1ccc(NC(=O)[C@@H](N)CO)cc1. The van der Waals surface area contributed by atoms with Crippen molar-refractivity contribution in [2.24, 2.45) is 5.73 Å². The number of carbonyl (C=O) groups is 1. The lowest BCUT2D eigenvalue weighted by atomic mass is 10.0. The molecule has 1 aromatic carbocycles. The summed E-state index contributed by atoms with van der Waals surface area (Å²) < 4.78 is 0. The van der Waals surface area contributed by atoms with Crippen LogP contribution in [0.15, 0.2) is 24.3 Å². The van der Waals surface area contributed by atoms with Crippen molar-refractivity contribution < 1.29 is 9.90 Å². The maximum absolute atomic E-state index is 11.5. The molecule has 0 aliphatic heterocycles. The highest BCUT2D eigenvalue weighted by atomic mass is 16.3. The summed E-state index contributed by atoms with van der Waals surface area (Å²) in [6.07, 6.45) is 8.86. The van der Waals surface area contributed by atoms with Gasteiger partial charge in [0.05, 0.1) is 6.61 Å². The zero-order valence-corrected chi connectivity index (χ0v) is 13.0. The fourth-order valence-corrected chi connectivity index (χ4v) is 2.18. The zero-order chi connectivity index (χ0) is 15.5. The first-order chi connectivity index (χ1) is 10.2. The highest BCUT2D eigenvalue weighted by Crippen LogP contribution is 2.13. The van der Waals surface area contributed by atoms with Crippen LogP contribution in [0.2, 0.25) is 0 Å². The van der Waals surface area contributed by atoms with E-state index in [4.69, 9.17) is 10.8 Å². The molecule has 0 unspecified atom stereocenters. The topological polar surface area (TPSA) is 75.4 Å². The van der Waals surface area contributed by atoms with E-state index in [2.05, 4.69) is 12.2 Å². The Morgan fingerprint density at radius 1 is 1.14 bits per heavy atom. The third-order valence-corrected chi connectivity index (χ3v) is 3.57. The van der Waals surface area contributed by atoms with Crippen molar-refractivity contribution in [3.8, 4) is 0 Å². The molecule has 4 heteroatoms. The molecule has 1 aromatic rings. The Bertz CT molecular complexity index is 404. The molecule has 0 heterocycles. The number of aliphatic hydroxyl groups excluding tert-OH is 1. The van der Waals surface area contributed by atoms with Gasteiger partial charge in [0.25, 0.3) is 0 Å². The normalized spacial score (nSPS) is 12.1. The second-order valence-corrected chi connectivity index (χ2v) is 5.49. The van der Waals surface area contributed by atoms with Gasteiger partial charge in [-0.05, 0) is 30.5 Å². The second-order valence-electron chi connectivity index (χ2n) is 5.49. The van der Waals surface area contributed by atoms with Crippen LogP contribution in [0.3, 0.4) is 0 Å². The third kappa shape index (κ3) is 7.25. The van der Waals surface area contributed by atoms with Crippen LogP contribution in [-0.2, 0) is 11.2 Å². The summed E-state index contributed by atoms with van der Waals surface area (Å²) in [7, 11) is 0. The number of amides is 1. The smallest absolute Gasteiger partial charge is 0.243 e. The lowest BCUT2D eigenvalue weighted by molar-refractivity contribution is -0.118. The van der Waals surface area contributed by atoms with E-state index >= 15 is 0 Å². The van der Waals surface area contributed by atoms with E-state index < -0.39 is 6.04 Å². The summed E-state index contributed by atoms with van der Waals surface area (Å²) in [6.45, 7) is 1.88. The third-order valence-electron chi connectivity index (χ3n) is 3.57. The number of benzene rings is 1. The molecule has 0 radical (unpaired) electrons. The Hall–Kier alpha value is -1.39. The van der Waals surface area contributed by atoms with Gasteiger partial charge in [0.1, 0.15) is 6.04 Å². The first kappa shape index (κ1) is 17.7. The molecule has 0 fully saturated rings. The van der Waals surface area contributed by atoms with Crippen LogP contribution in [0.4, 0.5) is 5.69 Å². The zero-order valence-electron chi connectivity index (χ0n) is 13.0. The predicted octanol–water partition coefficient (Wildman–Crippen LogP) is 2.85. The number of nitrogens with two attached hydrogens (primary N) is 1. The summed E-state index contributed by atoms with van der Waals surface area (Å²) >= 11 is 0. The standard InChI is InChI=1S/C17H28N2O2/c1-2-3-4-5-6-7-8-14-9-11-15(12-10-14)19-17(21)16(18)13-20/h9-12,16,20H,2-8,13,18H2,1H3,(H,19,21)/t16-/m0/s1. The number of hydrogen-bond donors (Lipinski definition) is 3. The van der Waals surface area contributed by atoms with Gasteiger partial charge in [-0.1, -0.05) is 51.2 Å². The molecule has 0 saturated carbocycles. The number of aryl methyl sites for hydroxylation is 1. The van der Waals surface area contributed by atoms with Gasteiger partial charge < -0.3 is 16.2 Å². The average Bonchev–Trinajstić information content (AvgIpc) is 2.51. The van der Waals surface area contributed by atoms with Crippen molar-refractivity contribution in [3.05, 3.63) is 29.8 Å². The van der Waals surface area contributed by atoms with E-state index in [1.165, 1.54) is 44.1 Å². The van der Waals surface area contributed by atoms with E-state index in [9.17, 15) is 4.79 Å². The highest BCUT2D eigenvalue weighted by molar-refractivity contribution is 5.94. The monoisotopic (exact) mass is 292 g/mol. The Labute approximate surface area is 127 Å². The highest BCUT2D eigenvalue weighted by Gasteiger charge is 2.11. The number of anilines is 1. The summed E-state index contributed by atoms with van der Waals surface area (Å²) in [5.41, 5.74) is 7.45. The molecule has 4 N–H and O–H groups in total. The van der Waals surface area contributed by atoms with Crippen molar-refractivity contribution in [3.63, 3.8) is 0 Å². The molecular weight excluding hydrogens is 264 g/mol. The van der Waals surface area contributed by atoms with Crippen molar-refractivity contribution in [2.75, 3.05) is 11.9 Å². The Kier molecular flexibility index (Phi) is 8.71. The van der Waals surface area contributed by atoms with Gasteiger partial charge >= 0.3 is 0 Å². The van der Waals surface area contributed by atoms with Crippen LogP contribution >= 0.6 is 0 Å². The number of rotatable bonds is 10. The molecule has 21 heavy (non-hydrogen) atoms. The number of carbonyl (C=O) groups excluding carboxylic acids is 1. The molecule has 1 rings (SSSR count). The fraction of sp³-hybridized carbons (Fsp3) is 0.588. The van der Waals surface area contributed by atoms with Gasteiger partial charge in [-0.3, -0.25) is 4.79 Å². The number of unbranched alkanes of at least 4 members (excludes halogenated alkanes) is 5. The molecule has 0 spiro atoms. The lowest BCUT2D eigenvalue weighted by Gasteiger charge is -2.10. The summed E-state index contributed by atoms with van der Waals surface area (Å²) in [6, 6.07) is 6.97. The van der Waals surface area contributed by atoms with E-state index in [-0.39, 0.29) is 12.5 Å². The maximum atomic E-state index is 11.5. The molecule has 0 aliphatic carbocycles. The maximum Gasteiger partial charge on any atom is 0.243 e. The first-order valence-electron chi connectivity index (χ1n) is 7.93. The van der Waals surface area contributed by atoms with Crippen molar-refractivity contribution in [1.29, 1.82) is 0 Å². The van der Waals surface area contributed by atoms with E-state index in [0.29, 0.717) is 0 Å². The molecule has 0 aromatic heterocycles. The molecule has 0 aliphatic rings. The van der Waals surface area contributed by atoms with Crippen LogP contribution < -0.4 is 11.1 Å². The van der Waals surface area contributed by atoms with E-state index in [1.807, 2.05) is 24.3 Å². The van der Waals surface area contributed by atoms with Gasteiger partial charge in [0.15, 0.2) is 0 Å². The Morgan fingerprint density at radius 2 is 1.76 bits per heavy atom. The number of hydrogen-bond acceptors (Lipinski definition) is 3. The largest absolute Gasteiger partial charge is 0.394 e. The molecule has 118 valence electrons. The van der Waals surface area contributed by atoms with Gasteiger partial charge in [-0.15, -0.1) is 0 Å². The van der Waals surface area contributed by atoms with Crippen molar-refractivity contribution in [2.45, 2.75) is 57.9 Å². The summed E-state index contributed by atoms with van der Waals surface area (Å²) in [4.78, 5) is 11.5. The fourth-order valence-electron chi connectivity index (χ4n) is 2.18. The second kappa shape index (κ2) is 10.4. The molecule has 0 bridgehead atoms. The molecular formula is C17H28N2O2. The van der Waals surface area contributed by atoms with Crippen LogP contribution in [-0.4, -0.2) is 23.7 Å². The van der Waals surface area contributed by atoms with E-state index in [1.54, 1.807) is 0 Å². The van der Waals surface area contributed by atoms with Crippen LogP contribution in [0, 0.1) is 0 Å². The Balaban J connectivity index is 2.28. The quantitative estimate of drug-likeness (QED) is 0.580. The predicted molar refractivity (Wildman–Crippen MR) is 87.2 cm³/mol. The van der Waals surface area contributed by atoms with Crippen molar-refractivity contribution in [1.82, 2.24) is 0 Å². The van der Waals surface area contributed by atoms with Crippen LogP contribution in [0.5, 0.6) is 0 Å². The molecule has 1 amide bonds. The van der Waals surface area contributed by atoms with Gasteiger partial charge in [0.2, 0.25) is 5.91 Å². The van der Waals surface area contributed by atoms with Gasteiger partial charge in [-0.25, -0.2) is 0 Å². The van der Waals surface area contributed by atoms with Crippen LogP contribution in [0.25, 0.3) is 0 Å². The first-order valence-corrected chi connectivity index (χ1v) is 7.93. The number of aliphatic hydroxyl groups is 1. The molecule has 0 saturated heterocycles. The average molecular weight is 292 g/mol. The minimum absolute atomic E-state index is 0.345. The van der Waals surface area contributed by atoms with Crippen molar-refractivity contribution >= 4 is 11.6 Å².